The Kier molecular flexibility index (Phi) is 4.41. The van der Waals surface area contributed by atoms with Gasteiger partial charge < -0.3 is 0 Å². The first-order valence-corrected chi connectivity index (χ1v) is 9.57. The molecule has 2 nitrogen and oxygen atoms in total. The van der Waals surface area contributed by atoms with E-state index in [2.05, 4.69) is 19.6 Å². The number of carbonyl (C=O) groups excluding carboxylic acids is 2. The van der Waals surface area contributed by atoms with Crippen molar-refractivity contribution in [2.45, 2.75) is 33.5 Å². The van der Waals surface area contributed by atoms with Crippen molar-refractivity contribution >= 4 is 24.8 Å². The Balaban J connectivity index is 3.62. The van der Waals surface area contributed by atoms with Crippen LogP contribution in [0.25, 0.3) is 5.20 Å². The van der Waals surface area contributed by atoms with Crippen LogP contribution in [0.3, 0.4) is 0 Å². The van der Waals surface area contributed by atoms with Gasteiger partial charge in [-0.2, -0.15) is 0 Å². The van der Waals surface area contributed by atoms with Crippen molar-refractivity contribution in [3.63, 3.8) is 0 Å². The van der Waals surface area contributed by atoms with Crippen LogP contribution in [-0.4, -0.2) is 19.6 Å². The number of hydrogen-bond donors (Lipinski definition) is 0. The minimum Gasteiger partial charge on any atom is -0.294 e. The van der Waals surface area contributed by atoms with E-state index in [4.69, 9.17) is 0 Å². The van der Waals surface area contributed by atoms with Crippen molar-refractivity contribution in [3.05, 3.63) is 41.5 Å². The predicted molar refractivity (Wildman–Crippen MR) is 78.1 cm³/mol. The molecule has 0 spiro atoms. The third-order valence-electron chi connectivity index (χ3n) is 2.77. The molecule has 0 bridgehead atoms. The normalized spacial score (nSPS) is 10.9. The van der Waals surface area contributed by atoms with Crippen molar-refractivity contribution < 1.29 is 9.59 Å². The van der Waals surface area contributed by atoms with E-state index >= 15 is 0 Å². The second-order valence-electron chi connectivity index (χ2n) is 5.48. The molecule has 0 atom stereocenters. The average molecular weight is 260 g/mol. The predicted octanol–water partition coefficient (Wildman–Crippen LogP) is 3.50. The summed E-state index contributed by atoms with van der Waals surface area (Å²) >= 11 is 0. The van der Waals surface area contributed by atoms with E-state index in [0.29, 0.717) is 5.57 Å². The quantitative estimate of drug-likeness (QED) is 0.359. The van der Waals surface area contributed by atoms with Crippen LogP contribution in [0.1, 0.15) is 19.4 Å². The first-order chi connectivity index (χ1) is 8.25. The molecule has 18 heavy (non-hydrogen) atoms. The molecule has 1 rings (SSSR count). The molecule has 0 aliphatic carbocycles. The Morgan fingerprint density at radius 3 is 1.67 bits per heavy atom. The minimum atomic E-state index is -1.78. The molecule has 0 N–H and O–H groups in total. The zero-order chi connectivity index (χ0) is 13.9. The minimum absolute atomic E-state index is 0.135. The van der Waals surface area contributed by atoms with Gasteiger partial charge in [-0.05, 0) is 24.6 Å². The van der Waals surface area contributed by atoms with Crippen molar-refractivity contribution in [2.24, 2.45) is 0 Å². The summed E-state index contributed by atoms with van der Waals surface area (Å²) in [5, 5.41) is 0.961. The third kappa shape index (κ3) is 3.26. The molecular weight excluding hydrogens is 240 g/mol. The standard InChI is InChI=1S/C15H20O2Si/c1-11(16)14(12(2)17)15(18(3,4)5)13-9-7-6-8-10-13/h6-10H,1-5H3. The summed E-state index contributed by atoms with van der Waals surface area (Å²) in [5.41, 5.74) is 1.37. The summed E-state index contributed by atoms with van der Waals surface area (Å²) in [6, 6.07) is 9.76. The average Bonchev–Trinajstić information content (AvgIpc) is 2.24. The fraction of sp³-hybridized carbons (Fsp3) is 0.333. The van der Waals surface area contributed by atoms with Gasteiger partial charge in [0, 0.05) is 0 Å². The molecule has 0 saturated carbocycles. The lowest BCUT2D eigenvalue weighted by Gasteiger charge is -2.24. The number of allylic oxidation sites excluding steroid dienone is 1. The molecule has 0 heterocycles. The number of Topliss-reactive ketones (excluding diaryl/α,β-unsaturated/α-hetero) is 2. The number of ketones is 2. The van der Waals surface area contributed by atoms with Gasteiger partial charge in [0.05, 0.1) is 13.6 Å². The van der Waals surface area contributed by atoms with E-state index in [1.165, 1.54) is 13.8 Å². The lowest BCUT2D eigenvalue weighted by Crippen LogP contribution is -2.27. The van der Waals surface area contributed by atoms with Gasteiger partial charge in [-0.15, -0.1) is 0 Å². The first-order valence-electron chi connectivity index (χ1n) is 6.07. The maximum atomic E-state index is 11.8. The Labute approximate surface area is 110 Å². The number of hydrogen-bond acceptors (Lipinski definition) is 2. The number of carbonyl (C=O) groups is 2. The van der Waals surface area contributed by atoms with Crippen LogP contribution in [0.4, 0.5) is 0 Å². The van der Waals surface area contributed by atoms with Crippen molar-refractivity contribution in [2.75, 3.05) is 0 Å². The highest BCUT2D eigenvalue weighted by atomic mass is 28.3. The van der Waals surface area contributed by atoms with Gasteiger partial charge in [0.1, 0.15) is 0 Å². The smallest absolute Gasteiger partial charge is 0.163 e. The van der Waals surface area contributed by atoms with Crippen LogP contribution in [0.15, 0.2) is 35.9 Å². The van der Waals surface area contributed by atoms with Crippen molar-refractivity contribution in [1.29, 1.82) is 0 Å². The molecule has 96 valence electrons. The summed E-state index contributed by atoms with van der Waals surface area (Å²) in [5.74, 6) is -0.271. The summed E-state index contributed by atoms with van der Waals surface area (Å²) < 4.78 is 0. The van der Waals surface area contributed by atoms with Gasteiger partial charge in [-0.25, -0.2) is 0 Å². The molecule has 0 unspecified atom stereocenters. The summed E-state index contributed by atoms with van der Waals surface area (Å²) in [7, 11) is -1.78. The van der Waals surface area contributed by atoms with Crippen molar-refractivity contribution in [1.82, 2.24) is 0 Å². The zero-order valence-corrected chi connectivity index (χ0v) is 12.7. The summed E-state index contributed by atoms with van der Waals surface area (Å²) in [6.45, 7) is 9.41. The SMILES string of the molecule is CC(=O)C(C(C)=O)=C(c1ccccc1)[Si](C)(C)C. The maximum absolute atomic E-state index is 11.8. The maximum Gasteiger partial charge on any atom is 0.163 e. The molecule has 0 amide bonds. The van der Waals surface area contributed by atoms with E-state index in [9.17, 15) is 9.59 Å². The van der Waals surface area contributed by atoms with Crippen molar-refractivity contribution in [3.8, 4) is 0 Å². The highest BCUT2D eigenvalue weighted by Crippen LogP contribution is 2.30. The van der Waals surface area contributed by atoms with Crippen LogP contribution in [0, 0.1) is 0 Å². The first kappa shape index (κ1) is 14.6. The fourth-order valence-corrected chi connectivity index (χ4v) is 4.29. The van der Waals surface area contributed by atoms with E-state index in [-0.39, 0.29) is 11.6 Å². The number of benzene rings is 1. The molecular formula is C15H20O2Si. The van der Waals surface area contributed by atoms with Crippen LogP contribution in [0.2, 0.25) is 19.6 Å². The van der Waals surface area contributed by atoms with E-state index in [0.717, 1.165) is 10.8 Å². The third-order valence-corrected chi connectivity index (χ3v) is 4.81. The van der Waals surface area contributed by atoms with Gasteiger partial charge in [-0.1, -0.05) is 50.0 Å². The lowest BCUT2D eigenvalue weighted by molar-refractivity contribution is -0.119. The van der Waals surface area contributed by atoms with Crippen LogP contribution in [0.5, 0.6) is 0 Å². The Morgan fingerprint density at radius 1 is 0.889 bits per heavy atom. The van der Waals surface area contributed by atoms with Crippen LogP contribution < -0.4 is 0 Å². The molecule has 1 aromatic rings. The highest BCUT2D eigenvalue weighted by Gasteiger charge is 2.28. The molecule has 3 heteroatoms. The monoisotopic (exact) mass is 260 g/mol. The van der Waals surface area contributed by atoms with E-state index < -0.39 is 8.07 Å². The van der Waals surface area contributed by atoms with Gasteiger partial charge in [-0.3, -0.25) is 9.59 Å². The Hall–Kier alpha value is -1.48. The zero-order valence-electron chi connectivity index (χ0n) is 11.7. The molecule has 0 aliphatic heterocycles. The molecule has 0 aromatic heterocycles. The van der Waals surface area contributed by atoms with Gasteiger partial charge in [0.15, 0.2) is 11.6 Å². The van der Waals surface area contributed by atoms with E-state index in [1.807, 2.05) is 30.3 Å². The summed E-state index contributed by atoms with van der Waals surface area (Å²) in [4.78, 5) is 23.6. The molecule has 0 saturated heterocycles. The highest BCUT2D eigenvalue weighted by molar-refractivity contribution is 6.94. The number of rotatable bonds is 4. The second-order valence-corrected chi connectivity index (χ2v) is 10.5. The topological polar surface area (TPSA) is 34.1 Å². The molecule has 1 aromatic carbocycles. The lowest BCUT2D eigenvalue weighted by atomic mass is 10.0. The second kappa shape index (κ2) is 5.44. The molecule has 0 radical (unpaired) electrons. The van der Waals surface area contributed by atoms with Gasteiger partial charge >= 0.3 is 0 Å². The molecule has 0 fully saturated rings. The largest absolute Gasteiger partial charge is 0.294 e. The summed E-state index contributed by atoms with van der Waals surface area (Å²) in [6.07, 6.45) is 0. The van der Waals surface area contributed by atoms with Crippen LogP contribution >= 0.6 is 0 Å². The molecule has 0 aliphatic rings. The van der Waals surface area contributed by atoms with Gasteiger partial charge in [0.25, 0.3) is 0 Å². The Bertz CT molecular complexity index is 477. The van der Waals surface area contributed by atoms with E-state index in [1.54, 1.807) is 0 Å². The Morgan fingerprint density at radius 2 is 1.33 bits per heavy atom. The van der Waals surface area contributed by atoms with Crippen LogP contribution in [-0.2, 0) is 9.59 Å². The fourth-order valence-electron chi connectivity index (χ4n) is 2.16. The van der Waals surface area contributed by atoms with Gasteiger partial charge in [0.2, 0.25) is 0 Å².